The van der Waals surface area contributed by atoms with Crippen LogP contribution in [-0.4, -0.2) is 56.3 Å². The van der Waals surface area contributed by atoms with Crippen molar-refractivity contribution in [3.05, 3.63) is 78.1 Å². The lowest BCUT2D eigenvalue weighted by molar-refractivity contribution is 0.489. The average molecular weight is 626 g/mol. The van der Waals surface area contributed by atoms with Crippen molar-refractivity contribution < 1.29 is 12.8 Å². The Balaban J connectivity index is 1.19. The molecule has 11 nitrogen and oxygen atoms in total. The predicted octanol–water partition coefficient (Wildman–Crippen LogP) is 5.09. The summed E-state index contributed by atoms with van der Waals surface area (Å²) in [5, 5.41) is 11.8. The lowest BCUT2D eigenvalue weighted by Gasteiger charge is -2.11. The molecule has 0 unspecified atom stereocenters. The van der Waals surface area contributed by atoms with Crippen molar-refractivity contribution in [2.75, 3.05) is 12.8 Å². The van der Waals surface area contributed by atoms with Gasteiger partial charge >= 0.3 is 0 Å². The Bertz CT molecular complexity index is 2120. The number of imidazole rings is 1. The lowest BCUT2D eigenvalue weighted by Crippen LogP contribution is -2.21. The normalized spacial score (nSPS) is 14.2. The van der Waals surface area contributed by atoms with Gasteiger partial charge in [0, 0.05) is 54.6 Å². The van der Waals surface area contributed by atoms with Gasteiger partial charge in [0.2, 0.25) is 10.0 Å². The van der Waals surface area contributed by atoms with Crippen LogP contribution in [0.25, 0.3) is 56.0 Å². The molecule has 7 rings (SSSR count). The molecule has 13 heteroatoms. The third-order valence-electron chi connectivity index (χ3n) is 8.21. The SMILES string of the molecule is CS(=O)(=O)NCc1cc(F)cc(-c2ccnc3nc(-c4[nH]nc5ncc(-c6cncc(CNCC7CCCC7)c6)cc45)[nH]c23)c1. The van der Waals surface area contributed by atoms with Gasteiger partial charge in [0.15, 0.2) is 17.1 Å². The summed E-state index contributed by atoms with van der Waals surface area (Å²) in [6.07, 6.45) is 13.5. The van der Waals surface area contributed by atoms with E-state index in [2.05, 4.69) is 46.2 Å². The van der Waals surface area contributed by atoms with E-state index in [4.69, 9.17) is 4.98 Å². The molecule has 0 spiro atoms. The number of halogens is 1. The van der Waals surface area contributed by atoms with E-state index in [1.165, 1.54) is 37.8 Å². The van der Waals surface area contributed by atoms with Crippen LogP contribution in [0.5, 0.6) is 0 Å². The molecule has 0 atom stereocenters. The molecule has 0 bridgehead atoms. The fourth-order valence-corrected chi connectivity index (χ4v) is 6.44. The second-order valence-electron chi connectivity index (χ2n) is 11.6. The van der Waals surface area contributed by atoms with Crippen LogP contribution in [0.4, 0.5) is 4.39 Å². The van der Waals surface area contributed by atoms with Crippen molar-refractivity contribution >= 4 is 32.2 Å². The van der Waals surface area contributed by atoms with E-state index in [1.54, 1.807) is 24.5 Å². The summed E-state index contributed by atoms with van der Waals surface area (Å²) in [6, 6.07) is 10.4. The quantitative estimate of drug-likeness (QED) is 0.164. The van der Waals surface area contributed by atoms with Gasteiger partial charge in [0.1, 0.15) is 11.5 Å². The third-order valence-corrected chi connectivity index (χ3v) is 8.88. The predicted molar refractivity (Wildman–Crippen MR) is 171 cm³/mol. The molecule has 1 aliphatic carbocycles. The Morgan fingerprint density at radius 2 is 1.76 bits per heavy atom. The zero-order valence-corrected chi connectivity index (χ0v) is 25.5. The van der Waals surface area contributed by atoms with E-state index in [1.807, 2.05) is 18.5 Å². The fraction of sp³-hybridized carbons (Fsp3) is 0.281. The number of aromatic amines is 2. The monoisotopic (exact) mass is 625 g/mol. The summed E-state index contributed by atoms with van der Waals surface area (Å²) in [5.41, 5.74) is 6.92. The Kier molecular flexibility index (Phi) is 7.81. The number of H-pyrrole nitrogens is 2. The zero-order chi connectivity index (χ0) is 31.0. The number of hydrogen-bond donors (Lipinski definition) is 4. The first-order chi connectivity index (χ1) is 21.8. The van der Waals surface area contributed by atoms with Gasteiger partial charge in [-0.3, -0.25) is 10.1 Å². The second-order valence-corrected chi connectivity index (χ2v) is 13.5. The van der Waals surface area contributed by atoms with E-state index in [0.717, 1.165) is 47.3 Å². The maximum atomic E-state index is 14.6. The van der Waals surface area contributed by atoms with Gasteiger partial charge in [-0.1, -0.05) is 12.8 Å². The molecule has 4 N–H and O–H groups in total. The van der Waals surface area contributed by atoms with E-state index in [-0.39, 0.29) is 6.54 Å². The van der Waals surface area contributed by atoms with Gasteiger partial charge in [-0.2, -0.15) is 5.10 Å². The molecule has 1 saturated carbocycles. The molecule has 230 valence electrons. The van der Waals surface area contributed by atoms with Gasteiger partial charge in [0.05, 0.1) is 17.2 Å². The van der Waals surface area contributed by atoms with Crippen LogP contribution in [0.1, 0.15) is 36.8 Å². The Morgan fingerprint density at radius 3 is 2.60 bits per heavy atom. The third kappa shape index (κ3) is 6.46. The first-order valence-electron chi connectivity index (χ1n) is 14.9. The molecule has 0 saturated heterocycles. The topological polar surface area (TPSA) is 154 Å². The maximum absolute atomic E-state index is 14.6. The number of nitrogens with one attached hydrogen (secondary N) is 4. The molecular weight excluding hydrogens is 593 g/mol. The number of pyridine rings is 3. The molecule has 5 aromatic heterocycles. The van der Waals surface area contributed by atoms with Gasteiger partial charge in [0.25, 0.3) is 0 Å². The summed E-state index contributed by atoms with van der Waals surface area (Å²) in [6.45, 7) is 1.77. The highest BCUT2D eigenvalue weighted by atomic mass is 32.2. The van der Waals surface area contributed by atoms with Gasteiger partial charge < -0.3 is 10.3 Å². The molecule has 0 radical (unpaired) electrons. The minimum absolute atomic E-state index is 0.0308. The summed E-state index contributed by atoms with van der Waals surface area (Å²) in [5.74, 6) is 0.793. The van der Waals surface area contributed by atoms with Crippen molar-refractivity contribution in [1.29, 1.82) is 0 Å². The smallest absolute Gasteiger partial charge is 0.209 e. The average Bonchev–Trinajstić information content (AvgIpc) is 3.79. The van der Waals surface area contributed by atoms with Crippen LogP contribution in [-0.2, 0) is 23.1 Å². The van der Waals surface area contributed by atoms with Crippen LogP contribution in [0.15, 0.2) is 61.2 Å². The minimum atomic E-state index is -3.44. The van der Waals surface area contributed by atoms with Crippen LogP contribution in [0.3, 0.4) is 0 Å². The fourth-order valence-electron chi connectivity index (χ4n) is 6.01. The highest BCUT2D eigenvalue weighted by Crippen LogP contribution is 2.32. The standard InChI is InChI=1S/C32H32FN9O2S/c1-45(43,44)38-16-20-8-22(11-25(33)10-20)26-6-7-36-31-28(26)39-32(40-31)29-27-12-24(18-37-30(27)42-41-29)23-9-21(15-35-17-23)14-34-13-19-4-2-3-5-19/h6-12,15,17-19,34,38H,2-5,13-14,16H2,1H3,(H,36,39,40)(H,37,41,42). The van der Waals surface area contributed by atoms with Crippen LogP contribution >= 0.6 is 0 Å². The van der Waals surface area contributed by atoms with Crippen molar-refractivity contribution in [3.63, 3.8) is 0 Å². The summed E-state index contributed by atoms with van der Waals surface area (Å²) < 4.78 is 40.2. The first-order valence-corrected chi connectivity index (χ1v) is 16.8. The number of hydrogen-bond acceptors (Lipinski definition) is 8. The Morgan fingerprint density at radius 1 is 0.933 bits per heavy atom. The molecular formula is C32H32FN9O2S. The van der Waals surface area contributed by atoms with E-state index in [0.29, 0.717) is 45.0 Å². The molecule has 1 aliphatic rings. The Hall–Kier alpha value is -4.59. The van der Waals surface area contributed by atoms with Gasteiger partial charge in [-0.25, -0.2) is 32.5 Å². The van der Waals surface area contributed by atoms with Crippen molar-refractivity contribution in [2.45, 2.75) is 38.8 Å². The van der Waals surface area contributed by atoms with Gasteiger partial charge in [-0.05, 0) is 78.4 Å². The summed E-state index contributed by atoms with van der Waals surface area (Å²) in [7, 11) is -3.44. The molecule has 5 heterocycles. The molecule has 1 aromatic carbocycles. The van der Waals surface area contributed by atoms with E-state index < -0.39 is 15.8 Å². The highest BCUT2D eigenvalue weighted by Gasteiger charge is 2.18. The molecule has 0 amide bonds. The minimum Gasteiger partial charge on any atom is -0.335 e. The summed E-state index contributed by atoms with van der Waals surface area (Å²) in [4.78, 5) is 21.6. The maximum Gasteiger partial charge on any atom is 0.209 e. The largest absolute Gasteiger partial charge is 0.335 e. The van der Waals surface area contributed by atoms with Crippen molar-refractivity contribution in [2.24, 2.45) is 5.92 Å². The van der Waals surface area contributed by atoms with Crippen molar-refractivity contribution in [1.82, 2.24) is 45.2 Å². The van der Waals surface area contributed by atoms with Crippen LogP contribution in [0.2, 0.25) is 0 Å². The lowest BCUT2D eigenvalue weighted by atomic mass is 10.0. The van der Waals surface area contributed by atoms with Crippen LogP contribution in [0, 0.1) is 11.7 Å². The number of benzene rings is 1. The number of aromatic nitrogens is 7. The second kappa shape index (κ2) is 12.1. The number of sulfonamides is 1. The first kappa shape index (κ1) is 29.1. The summed E-state index contributed by atoms with van der Waals surface area (Å²) >= 11 is 0. The molecule has 6 aromatic rings. The molecule has 0 aliphatic heterocycles. The number of nitrogens with zero attached hydrogens (tertiary/aromatic N) is 5. The number of fused-ring (bicyclic) bond motifs is 2. The number of rotatable bonds is 10. The molecule has 45 heavy (non-hydrogen) atoms. The van der Waals surface area contributed by atoms with Crippen LogP contribution < -0.4 is 10.0 Å². The Labute approximate surface area is 259 Å². The van der Waals surface area contributed by atoms with Crippen molar-refractivity contribution in [3.8, 4) is 33.8 Å². The van der Waals surface area contributed by atoms with E-state index in [9.17, 15) is 12.8 Å². The highest BCUT2D eigenvalue weighted by molar-refractivity contribution is 7.88. The van der Waals surface area contributed by atoms with Gasteiger partial charge in [-0.15, -0.1) is 0 Å². The van der Waals surface area contributed by atoms with E-state index >= 15 is 0 Å². The zero-order valence-electron chi connectivity index (χ0n) is 24.6. The molecule has 1 fully saturated rings.